The lowest BCUT2D eigenvalue weighted by Gasteiger charge is -2.34. The zero-order valence-corrected chi connectivity index (χ0v) is 23.0. The number of rotatable bonds is 8. The molecule has 0 amide bonds. The van der Waals surface area contributed by atoms with E-state index in [2.05, 4.69) is 0 Å². The first-order valence-electron chi connectivity index (χ1n) is 12.8. The fraction of sp³-hybridized carbons (Fsp3) is 0.0606. The van der Waals surface area contributed by atoms with E-state index in [4.69, 9.17) is 9.05 Å². The number of aldehydes is 1. The van der Waals surface area contributed by atoms with Crippen LogP contribution in [0.3, 0.4) is 0 Å². The lowest BCUT2D eigenvalue weighted by atomic mass is 10.00. The molecule has 3 unspecified atom stereocenters. The van der Waals surface area contributed by atoms with E-state index in [0.29, 0.717) is 23.2 Å². The number of benzene rings is 5. The van der Waals surface area contributed by atoms with Crippen molar-refractivity contribution >= 4 is 27.8 Å². The quantitative estimate of drug-likeness (QED) is 0.144. The Balaban J connectivity index is 1.35. The Morgan fingerprint density at radius 1 is 0.692 bits per heavy atom. The van der Waals surface area contributed by atoms with E-state index in [0.717, 1.165) is 39.4 Å². The van der Waals surface area contributed by atoms with Crippen LogP contribution >= 0.6 is 16.2 Å². The molecule has 0 bridgehead atoms. The van der Waals surface area contributed by atoms with Crippen molar-refractivity contribution in [2.75, 3.05) is 6.16 Å². The summed E-state index contributed by atoms with van der Waals surface area (Å²) in [4.78, 5) is 11.7. The molecule has 0 saturated carbocycles. The molecule has 0 aromatic heterocycles. The largest absolute Gasteiger partial charge is 0.477 e. The minimum absolute atomic E-state index is 0.00889. The number of carbonyl (C=O) groups excluding carboxylic acids is 1. The first-order valence-corrected chi connectivity index (χ1v) is 15.6. The lowest BCUT2D eigenvalue weighted by Crippen LogP contribution is -2.23. The average molecular weight is 549 g/mol. The molecule has 39 heavy (non-hydrogen) atoms. The Hall–Kier alpha value is -3.97. The third kappa shape index (κ3) is 4.83. The molecule has 1 aliphatic rings. The Labute approximate surface area is 230 Å². The number of hydrogen-bond donors (Lipinski definition) is 0. The average Bonchev–Trinajstić information content (AvgIpc) is 3.00. The molecule has 1 heterocycles. The first kappa shape index (κ1) is 25.3. The van der Waals surface area contributed by atoms with Crippen LogP contribution in [0, 0.1) is 0 Å². The second kappa shape index (κ2) is 11.0. The van der Waals surface area contributed by atoms with Gasteiger partial charge in [-0.05, 0) is 34.9 Å². The zero-order valence-electron chi connectivity index (χ0n) is 21.1. The van der Waals surface area contributed by atoms with Gasteiger partial charge in [0.2, 0.25) is 0 Å². The van der Waals surface area contributed by atoms with Crippen LogP contribution in [0.25, 0.3) is 22.3 Å². The number of para-hydroxylation sites is 2. The van der Waals surface area contributed by atoms with Crippen molar-refractivity contribution in [2.45, 2.75) is 5.66 Å². The maximum atomic E-state index is 15.0. The molecule has 0 aliphatic carbocycles. The lowest BCUT2D eigenvalue weighted by molar-refractivity contribution is 0.112. The van der Waals surface area contributed by atoms with Gasteiger partial charge in [-0.15, -0.1) is 0 Å². The molecule has 6 rings (SSSR count). The SMILES string of the molecule is O=Cc1ccccc1-c1ccccc1OPCC(c1ccccc1)P1(=O)Oc2ccccc2-c2ccccc21. The van der Waals surface area contributed by atoms with Gasteiger partial charge in [0.25, 0.3) is 7.37 Å². The molecule has 0 saturated heterocycles. The van der Waals surface area contributed by atoms with Crippen molar-refractivity contribution in [1.82, 2.24) is 0 Å². The fourth-order valence-electron chi connectivity index (χ4n) is 5.10. The highest BCUT2D eigenvalue weighted by molar-refractivity contribution is 7.68. The van der Waals surface area contributed by atoms with Gasteiger partial charge in [-0.1, -0.05) is 109 Å². The molecule has 0 spiro atoms. The van der Waals surface area contributed by atoms with E-state index in [1.54, 1.807) is 6.07 Å². The van der Waals surface area contributed by atoms with Crippen LogP contribution in [0.1, 0.15) is 21.6 Å². The maximum absolute atomic E-state index is 15.0. The van der Waals surface area contributed by atoms with Crippen molar-refractivity contribution in [1.29, 1.82) is 0 Å². The summed E-state index contributed by atoms with van der Waals surface area (Å²) in [6.07, 6.45) is 1.36. The van der Waals surface area contributed by atoms with Gasteiger partial charge >= 0.3 is 0 Å². The highest BCUT2D eigenvalue weighted by atomic mass is 31.2. The van der Waals surface area contributed by atoms with Gasteiger partial charge < -0.3 is 9.05 Å². The minimum Gasteiger partial charge on any atom is -0.477 e. The van der Waals surface area contributed by atoms with E-state index in [-0.39, 0.29) is 8.81 Å². The Bertz CT molecular complexity index is 1680. The summed E-state index contributed by atoms with van der Waals surface area (Å²) in [5.41, 5.74) is 4.72. The molecule has 5 aromatic rings. The molecule has 192 valence electrons. The van der Waals surface area contributed by atoms with Crippen LogP contribution in [0.2, 0.25) is 0 Å². The molecule has 4 nitrogen and oxygen atoms in total. The zero-order chi connectivity index (χ0) is 26.7. The smallest absolute Gasteiger partial charge is 0.285 e. The van der Waals surface area contributed by atoms with E-state index in [9.17, 15) is 4.79 Å². The highest BCUT2D eigenvalue weighted by Gasteiger charge is 2.43. The Morgan fingerprint density at radius 3 is 2.10 bits per heavy atom. The number of carbonyl (C=O) groups is 1. The van der Waals surface area contributed by atoms with Crippen LogP contribution in [0.15, 0.2) is 127 Å². The molecule has 6 heteroatoms. The summed E-state index contributed by atoms with van der Waals surface area (Å²) < 4.78 is 27.8. The van der Waals surface area contributed by atoms with Gasteiger partial charge in [-0.2, -0.15) is 0 Å². The van der Waals surface area contributed by atoms with E-state index in [1.165, 1.54) is 0 Å². The summed E-state index contributed by atoms with van der Waals surface area (Å²) >= 11 is 0. The van der Waals surface area contributed by atoms with E-state index >= 15 is 4.57 Å². The van der Waals surface area contributed by atoms with Gasteiger partial charge in [0, 0.05) is 22.9 Å². The summed E-state index contributed by atoms with van der Waals surface area (Å²) in [6, 6.07) is 40.7. The minimum atomic E-state index is -3.39. The van der Waals surface area contributed by atoms with Crippen molar-refractivity contribution in [2.24, 2.45) is 0 Å². The summed E-state index contributed by atoms with van der Waals surface area (Å²) in [5.74, 6) is 1.33. The van der Waals surface area contributed by atoms with Crippen LogP contribution in [-0.2, 0) is 4.57 Å². The summed E-state index contributed by atoms with van der Waals surface area (Å²) in [7, 11) is -3.38. The van der Waals surface area contributed by atoms with Crippen LogP contribution in [0.4, 0.5) is 0 Å². The molecule has 1 aliphatic heterocycles. The molecule has 0 N–H and O–H groups in total. The fourth-order valence-corrected chi connectivity index (χ4v) is 9.50. The van der Waals surface area contributed by atoms with Crippen molar-refractivity contribution in [3.63, 3.8) is 0 Å². The molecule has 0 fully saturated rings. The second-order valence-corrected chi connectivity index (χ2v) is 12.7. The number of fused-ring (bicyclic) bond motifs is 3. The topological polar surface area (TPSA) is 52.6 Å². The van der Waals surface area contributed by atoms with Crippen molar-refractivity contribution in [3.8, 4) is 33.8 Å². The Morgan fingerprint density at radius 2 is 1.31 bits per heavy atom. The summed E-state index contributed by atoms with van der Waals surface area (Å²) in [6.45, 7) is 0. The third-order valence-corrected chi connectivity index (χ3v) is 11.1. The van der Waals surface area contributed by atoms with Gasteiger partial charge in [0.05, 0.1) is 19.8 Å². The molecular formula is C33H26O4P2. The van der Waals surface area contributed by atoms with Gasteiger partial charge in [-0.3, -0.25) is 9.36 Å². The van der Waals surface area contributed by atoms with E-state index < -0.39 is 13.0 Å². The van der Waals surface area contributed by atoms with Gasteiger partial charge in [0.1, 0.15) is 11.5 Å². The predicted molar refractivity (Wildman–Crippen MR) is 160 cm³/mol. The van der Waals surface area contributed by atoms with Crippen molar-refractivity contribution < 1.29 is 18.4 Å². The van der Waals surface area contributed by atoms with Gasteiger partial charge in [-0.25, -0.2) is 0 Å². The molecular weight excluding hydrogens is 522 g/mol. The first-order chi connectivity index (χ1) is 19.2. The maximum Gasteiger partial charge on any atom is 0.285 e. The van der Waals surface area contributed by atoms with E-state index in [1.807, 2.05) is 121 Å². The summed E-state index contributed by atoms with van der Waals surface area (Å²) in [5, 5.41) is 0.739. The predicted octanol–water partition coefficient (Wildman–Crippen LogP) is 8.54. The Kier molecular flexibility index (Phi) is 7.16. The van der Waals surface area contributed by atoms with Gasteiger partial charge in [0.15, 0.2) is 6.29 Å². The molecule has 5 aromatic carbocycles. The second-order valence-electron chi connectivity index (χ2n) is 9.28. The monoisotopic (exact) mass is 548 g/mol. The van der Waals surface area contributed by atoms with Crippen molar-refractivity contribution in [3.05, 3.63) is 139 Å². The standard InChI is InChI=1S/C33H26O4P2/c34-22-25-14-4-5-15-26(25)27-16-6-9-19-30(27)36-38-23-33(24-12-2-1-3-13-24)39(35)32-21-11-8-18-29(32)28-17-7-10-20-31(28)37-39/h1-22,33,38H,23H2. The normalized spacial score (nSPS) is 16.6. The molecule has 3 atom stereocenters. The van der Waals surface area contributed by atoms with Crippen LogP contribution in [-0.4, -0.2) is 12.4 Å². The number of hydrogen-bond acceptors (Lipinski definition) is 4. The molecule has 0 radical (unpaired) electrons. The third-order valence-electron chi connectivity index (χ3n) is 6.97. The van der Waals surface area contributed by atoms with Crippen LogP contribution < -0.4 is 14.4 Å². The highest BCUT2D eigenvalue weighted by Crippen LogP contribution is 2.64. The van der Waals surface area contributed by atoms with Crippen LogP contribution in [0.5, 0.6) is 11.5 Å².